The van der Waals surface area contributed by atoms with Gasteiger partial charge in [0.1, 0.15) is 5.75 Å². The molecule has 166 valence electrons. The fourth-order valence-corrected chi connectivity index (χ4v) is 6.37. The minimum absolute atomic E-state index is 0.0452. The average molecular weight is 461 g/mol. The van der Waals surface area contributed by atoms with Gasteiger partial charge in [-0.1, -0.05) is 11.6 Å². The lowest BCUT2D eigenvalue weighted by Crippen LogP contribution is -2.28. The molecule has 1 fully saturated rings. The molecule has 0 saturated carbocycles. The van der Waals surface area contributed by atoms with E-state index in [9.17, 15) is 8.42 Å². The van der Waals surface area contributed by atoms with E-state index < -0.39 is 10.0 Å². The summed E-state index contributed by atoms with van der Waals surface area (Å²) in [5.74, 6) is 0.820. The predicted octanol–water partition coefficient (Wildman–Crippen LogP) is 5.59. The Kier molecular flexibility index (Phi) is 6.08. The van der Waals surface area contributed by atoms with Crippen LogP contribution in [0.4, 0.5) is 0 Å². The number of rotatable bonds is 6. The highest BCUT2D eigenvalue weighted by Gasteiger charge is 2.35. The van der Waals surface area contributed by atoms with Crippen molar-refractivity contribution in [3.63, 3.8) is 0 Å². The van der Waals surface area contributed by atoms with Gasteiger partial charge in [0, 0.05) is 47.2 Å². The van der Waals surface area contributed by atoms with Crippen LogP contribution >= 0.6 is 11.6 Å². The largest absolute Gasteiger partial charge is 0.491 e. The molecule has 0 bridgehead atoms. The van der Waals surface area contributed by atoms with E-state index in [4.69, 9.17) is 16.3 Å². The molecule has 2 heterocycles. The van der Waals surface area contributed by atoms with Crippen molar-refractivity contribution in [1.82, 2.24) is 8.87 Å². The van der Waals surface area contributed by atoms with Gasteiger partial charge < -0.3 is 9.30 Å². The van der Waals surface area contributed by atoms with Crippen molar-refractivity contribution >= 4 is 32.5 Å². The van der Waals surface area contributed by atoms with Gasteiger partial charge in [-0.15, -0.1) is 0 Å². The van der Waals surface area contributed by atoms with Crippen molar-refractivity contribution in [3.05, 3.63) is 58.7 Å². The van der Waals surface area contributed by atoms with Gasteiger partial charge in [0.25, 0.3) is 0 Å². The topological polar surface area (TPSA) is 51.5 Å². The first-order valence-corrected chi connectivity index (χ1v) is 12.6. The summed E-state index contributed by atoms with van der Waals surface area (Å²) in [6.07, 6.45) is 0.841. The van der Waals surface area contributed by atoms with E-state index in [0.29, 0.717) is 28.8 Å². The summed E-state index contributed by atoms with van der Waals surface area (Å²) >= 11 is 6.30. The second-order valence-corrected chi connectivity index (χ2v) is 10.8. The number of hydrogen-bond donors (Lipinski definition) is 0. The van der Waals surface area contributed by atoms with E-state index in [-0.39, 0.29) is 12.0 Å². The van der Waals surface area contributed by atoms with Crippen LogP contribution in [0.25, 0.3) is 10.9 Å². The number of halogens is 1. The third-order valence-corrected chi connectivity index (χ3v) is 8.16. The normalized spacial score (nSPS) is 17.7. The average Bonchev–Trinajstić information content (AvgIpc) is 3.30. The molecule has 0 radical (unpaired) electrons. The van der Waals surface area contributed by atoms with Crippen LogP contribution in [0.2, 0.25) is 5.02 Å². The summed E-state index contributed by atoms with van der Waals surface area (Å²) in [7, 11) is -3.55. The van der Waals surface area contributed by atoms with Gasteiger partial charge in [-0.3, -0.25) is 0 Å². The lowest BCUT2D eigenvalue weighted by molar-refractivity contribution is 0.242. The van der Waals surface area contributed by atoms with Crippen LogP contribution in [-0.2, 0) is 16.6 Å². The lowest BCUT2D eigenvalue weighted by atomic mass is 9.95. The summed E-state index contributed by atoms with van der Waals surface area (Å²) in [6.45, 7) is 9.99. The second-order valence-electron chi connectivity index (χ2n) is 8.39. The molecular weight excluding hydrogens is 432 g/mol. The molecule has 1 aliphatic rings. The third-order valence-electron chi connectivity index (χ3n) is 6.04. The van der Waals surface area contributed by atoms with Gasteiger partial charge >= 0.3 is 0 Å². The molecule has 1 aromatic heterocycles. The Bertz CT molecular complexity index is 1200. The SMILES string of the molecule is CCn1c(C)c(C2CCN(S(=O)(=O)c3ccc(OC(C)C)cc3)C2)c2cc(Cl)ccc21. The van der Waals surface area contributed by atoms with Crippen LogP contribution in [0.1, 0.15) is 44.4 Å². The Morgan fingerprint density at radius 1 is 1.16 bits per heavy atom. The molecule has 5 nitrogen and oxygen atoms in total. The maximum atomic E-state index is 13.3. The van der Waals surface area contributed by atoms with Gasteiger partial charge in [0.15, 0.2) is 0 Å². The van der Waals surface area contributed by atoms with E-state index in [1.54, 1.807) is 28.6 Å². The summed E-state index contributed by atoms with van der Waals surface area (Å²) in [4.78, 5) is 0.306. The van der Waals surface area contributed by atoms with Gasteiger partial charge in [0.2, 0.25) is 10.0 Å². The van der Waals surface area contributed by atoms with E-state index in [2.05, 4.69) is 24.5 Å². The van der Waals surface area contributed by atoms with Crippen molar-refractivity contribution in [3.8, 4) is 5.75 Å². The monoisotopic (exact) mass is 460 g/mol. The van der Waals surface area contributed by atoms with Crippen molar-refractivity contribution in [2.45, 2.75) is 57.6 Å². The molecular formula is C24H29ClN2O3S. The summed E-state index contributed by atoms with van der Waals surface area (Å²) in [6, 6.07) is 12.7. The number of fused-ring (bicyclic) bond motifs is 1. The zero-order valence-corrected chi connectivity index (χ0v) is 20.0. The molecule has 3 aromatic rings. The quantitative estimate of drug-likeness (QED) is 0.482. The Hall–Kier alpha value is -2.02. The molecule has 0 amide bonds. The van der Waals surface area contributed by atoms with E-state index in [1.165, 1.54) is 11.3 Å². The van der Waals surface area contributed by atoms with Crippen LogP contribution in [0.3, 0.4) is 0 Å². The number of ether oxygens (including phenoxy) is 1. The minimum atomic E-state index is -3.55. The molecule has 1 atom stereocenters. The van der Waals surface area contributed by atoms with Crippen LogP contribution in [0.15, 0.2) is 47.4 Å². The Morgan fingerprint density at radius 3 is 2.52 bits per heavy atom. The third kappa shape index (κ3) is 4.09. The molecule has 1 saturated heterocycles. The summed E-state index contributed by atoms with van der Waals surface area (Å²) in [5.41, 5.74) is 3.57. The number of aryl methyl sites for hydroxylation is 1. The number of hydrogen-bond acceptors (Lipinski definition) is 3. The highest BCUT2D eigenvalue weighted by molar-refractivity contribution is 7.89. The minimum Gasteiger partial charge on any atom is -0.491 e. The molecule has 4 rings (SSSR count). The highest BCUT2D eigenvalue weighted by Crippen LogP contribution is 2.39. The lowest BCUT2D eigenvalue weighted by Gasteiger charge is -2.18. The molecule has 2 aromatic carbocycles. The first-order valence-electron chi connectivity index (χ1n) is 10.8. The summed E-state index contributed by atoms with van der Waals surface area (Å²) in [5, 5.41) is 1.83. The Balaban J connectivity index is 1.62. The molecule has 0 spiro atoms. The second kappa shape index (κ2) is 8.49. The molecule has 31 heavy (non-hydrogen) atoms. The Morgan fingerprint density at radius 2 is 1.87 bits per heavy atom. The Labute approximate surface area is 189 Å². The molecule has 7 heteroatoms. The van der Waals surface area contributed by atoms with Gasteiger partial charge in [-0.2, -0.15) is 4.31 Å². The van der Waals surface area contributed by atoms with Crippen LogP contribution < -0.4 is 4.74 Å². The van der Waals surface area contributed by atoms with E-state index in [0.717, 1.165) is 23.9 Å². The zero-order valence-electron chi connectivity index (χ0n) is 18.4. The molecule has 1 unspecified atom stereocenters. The van der Waals surface area contributed by atoms with Crippen molar-refractivity contribution in [2.24, 2.45) is 0 Å². The highest BCUT2D eigenvalue weighted by atomic mass is 35.5. The maximum absolute atomic E-state index is 13.3. The van der Waals surface area contributed by atoms with Gasteiger partial charge in [-0.25, -0.2) is 8.42 Å². The van der Waals surface area contributed by atoms with E-state index in [1.807, 2.05) is 26.0 Å². The number of aromatic nitrogens is 1. The molecule has 0 aliphatic carbocycles. The number of benzene rings is 2. The first-order chi connectivity index (χ1) is 14.7. The van der Waals surface area contributed by atoms with Crippen molar-refractivity contribution < 1.29 is 13.2 Å². The van der Waals surface area contributed by atoms with Crippen LogP contribution in [0.5, 0.6) is 5.75 Å². The van der Waals surface area contributed by atoms with Crippen molar-refractivity contribution in [2.75, 3.05) is 13.1 Å². The standard InChI is InChI=1S/C24H29ClN2O3S/c1-5-27-17(4)24(22-14-19(25)6-11-23(22)27)18-12-13-26(15-18)31(28,29)21-9-7-20(8-10-21)30-16(2)3/h6-11,14,16,18H,5,12-13,15H2,1-4H3. The smallest absolute Gasteiger partial charge is 0.243 e. The predicted molar refractivity (Wildman–Crippen MR) is 126 cm³/mol. The number of nitrogens with zero attached hydrogens (tertiary/aromatic N) is 2. The zero-order chi connectivity index (χ0) is 22.3. The maximum Gasteiger partial charge on any atom is 0.243 e. The fourth-order valence-electron chi connectivity index (χ4n) is 4.70. The molecule has 0 N–H and O–H groups in total. The van der Waals surface area contributed by atoms with Gasteiger partial charge in [0.05, 0.1) is 11.0 Å². The fraction of sp³-hybridized carbons (Fsp3) is 0.417. The molecule has 1 aliphatic heterocycles. The summed E-state index contributed by atoms with van der Waals surface area (Å²) < 4.78 is 36.1. The van der Waals surface area contributed by atoms with Crippen molar-refractivity contribution in [1.29, 1.82) is 0 Å². The number of sulfonamides is 1. The van der Waals surface area contributed by atoms with Crippen LogP contribution in [0, 0.1) is 6.92 Å². The first kappa shape index (κ1) is 22.2. The van der Waals surface area contributed by atoms with Crippen LogP contribution in [-0.4, -0.2) is 36.5 Å². The van der Waals surface area contributed by atoms with Gasteiger partial charge in [-0.05, 0) is 82.1 Å². The van der Waals surface area contributed by atoms with E-state index >= 15 is 0 Å².